The number of carbonyl (C=O) groups excluding carboxylic acids is 2. The van der Waals surface area contributed by atoms with Crippen molar-refractivity contribution in [2.45, 2.75) is 32.8 Å². The van der Waals surface area contributed by atoms with E-state index in [-0.39, 0.29) is 11.8 Å². The first-order valence-electron chi connectivity index (χ1n) is 9.18. The van der Waals surface area contributed by atoms with Crippen molar-refractivity contribution in [1.29, 1.82) is 0 Å². The Morgan fingerprint density at radius 3 is 2.86 bits per heavy atom. The third-order valence-electron chi connectivity index (χ3n) is 4.40. The summed E-state index contributed by atoms with van der Waals surface area (Å²) in [6, 6.07) is 11.3. The number of hydrogen-bond donors (Lipinski definition) is 2. The maximum absolute atomic E-state index is 12.2. The van der Waals surface area contributed by atoms with Crippen LogP contribution in [0.5, 0.6) is 11.5 Å². The molecule has 1 aliphatic rings. The number of carbonyl (C=O) groups is 2. The zero-order chi connectivity index (χ0) is 20.1. The number of halogens is 1. The van der Waals surface area contributed by atoms with E-state index in [0.29, 0.717) is 31.7 Å². The lowest BCUT2D eigenvalue weighted by Gasteiger charge is -2.18. The second-order valence-corrected chi connectivity index (χ2v) is 7.55. The van der Waals surface area contributed by atoms with Crippen molar-refractivity contribution in [3.63, 3.8) is 0 Å². The lowest BCUT2D eigenvalue weighted by atomic mass is 10.0. The average Bonchev–Trinajstić information content (AvgIpc) is 2.67. The molecule has 0 saturated heterocycles. The summed E-state index contributed by atoms with van der Waals surface area (Å²) in [5, 5.41) is 5.65. The quantitative estimate of drug-likeness (QED) is 0.636. The summed E-state index contributed by atoms with van der Waals surface area (Å²) >= 11 is 3.44. The van der Waals surface area contributed by atoms with Gasteiger partial charge in [0.15, 0.2) is 6.10 Å². The van der Waals surface area contributed by atoms with Crippen LogP contribution in [-0.4, -0.2) is 31.1 Å². The van der Waals surface area contributed by atoms with Crippen LogP contribution in [0.3, 0.4) is 0 Å². The molecule has 28 heavy (non-hydrogen) atoms. The molecule has 1 heterocycles. The highest BCUT2D eigenvalue weighted by Gasteiger charge is 2.16. The minimum Gasteiger partial charge on any atom is -0.492 e. The molecule has 0 aromatic heterocycles. The van der Waals surface area contributed by atoms with Gasteiger partial charge in [0.2, 0.25) is 5.91 Å². The van der Waals surface area contributed by atoms with E-state index in [0.717, 1.165) is 27.0 Å². The Balaban J connectivity index is 1.43. The summed E-state index contributed by atoms with van der Waals surface area (Å²) in [7, 11) is 0. The van der Waals surface area contributed by atoms with Gasteiger partial charge < -0.3 is 20.1 Å². The fourth-order valence-corrected chi connectivity index (χ4v) is 3.47. The number of amides is 2. The predicted octanol–water partition coefficient (Wildman–Crippen LogP) is 3.60. The molecule has 2 aromatic rings. The van der Waals surface area contributed by atoms with Gasteiger partial charge in [0, 0.05) is 12.1 Å². The van der Waals surface area contributed by atoms with Gasteiger partial charge in [-0.25, -0.2) is 0 Å². The molecule has 0 spiro atoms. The Morgan fingerprint density at radius 1 is 1.25 bits per heavy atom. The zero-order valence-electron chi connectivity index (χ0n) is 15.9. The highest BCUT2D eigenvalue weighted by Crippen LogP contribution is 2.27. The number of ether oxygens (including phenoxy) is 2. The molecule has 1 atom stereocenters. The first-order valence-corrected chi connectivity index (χ1v) is 9.98. The molecule has 1 aliphatic heterocycles. The Hall–Kier alpha value is -2.54. The number of benzene rings is 2. The van der Waals surface area contributed by atoms with Crippen molar-refractivity contribution in [2.75, 3.05) is 18.5 Å². The summed E-state index contributed by atoms with van der Waals surface area (Å²) in [6.07, 6.45) is 0.575. The molecule has 0 fully saturated rings. The van der Waals surface area contributed by atoms with E-state index in [4.69, 9.17) is 9.47 Å². The standard InChI is InChI=1S/C21H23BrN2O4/c1-13-3-7-19(17(22)11-13)28-14(2)21(26)23-9-10-27-16-5-6-18-15(12-16)4-8-20(25)24-18/h3,5-7,11-12,14H,4,8-10H2,1-2H3,(H,23,26)(H,24,25). The Bertz CT molecular complexity index is 885. The van der Waals surface area contributed by atoms with Gasteiger partial charge in [-0.1, -0.05) is 6.07 Å². The van der Waals surface area contributed by atoms with Crippen molar-refractivity contribution >= 4 is 33.4 Å². The lowest BCUT2D eigenvalue weighted by molar-refractivity contribution is -0.127. The van der Waals surface area contributed by atoms with Gasteiger partial charge in [-0.2, -0.15) is 0 Å². The molecule has 6 nitrogen and oxygen atoms in total. The minimum absolute atomic E-state index is 0.0397. The number of nitrogens with one attached hydrogen (secondary N) is 2. The molecule has 0 aliphatic carbocycles. The van der Waals surface area contributed by atoms with Gasteiger partial charge in [0.05, 0.1) is 11.0 Å². The van der Waals surface area contributed by atoms with E-state index in [9.17, 15) is 9.59 Å². The monoisotopic (exact) mass is 446 g/mol. The van der Waals surface area contributed by atoms with E-state index >= 15 is 0 Å². The summed E-state index contributed by atoms with van der Waals surface area (Å²) in [6.45, 7) is 4.41. The lowest BCUT2D eigenvalue weighted by Crippen LogP contribution is -2.38. The Labute approximate surface area is 172 Å². The normalized spacial score (nSPS) is 13.9. The summed E-state index contributed by atoms with van der Waals surface area (Å²) in [4.78, 5) is 23.6. The zero-order valence-corrected chi connectivity index (χ0v) is 17.5. The van der Waals surface area contributed by atoms with Gasteiger partial charge in [-0.05, 0) is 77.7 Å². The largest absolute Gasteiger partial charge is 0.492 e. The number of anilines is 1. The number of aryl methyl sites for hydroxylation is 2. The van der Waals surface area contributed by atoms with Crippen molar-refractivity contribution in [3.05, 3.63) is 52.0 Å². The first kappa shape index (κ1) is 20.2. The fraction of sp³-hybridized carbons (Fsp3) is 0.333. The third kappa shape index (κ3) is 5.25. The van der Waals surface area contributed by atoms with Crippen LogP contribution >= 0.6 is 15.9 Å². The molecule has 2 aromatic carbocycles. The second-order valence-electron chi connectivity index (χ2n) is 6.70. The topological polar surface area (TPSA) is 76.7 Å². The van der Waals surface area contributed by atoms with Crippen LogP contribution in [0.15, 0.2) is 40.9 Å². The van der Waals surface area contributed by atoms with E-state index in [1.54, 1.807) is 6.92 Å². The summed E-state index contributed by atoms with van der Waals surface area (Å²) in [5.41, 5.74) is 3.01. The van der Waals surface area contributed by atoms with E-state index in [2.05, 4.69) is 26.6 Å². The molecule has 2 amide bonds. The third-order valence-corrected chi connectivity index (χ3v) is 5.02. The van der Waals surface area contributed by atoms with Crippen molar-refractivity contribution < 1.29 is 19.1 Å². The van der Waals surface area contributed by atoms with E-state index in [1.807, 2.05) is 43.3 Å². The molecule has 148 valence electrons. The summed E-state index contributed by atoms with van der Waals surface area (Å²) < 4.78 is 12.2. The first-order chi connectivity index (χ1) is 13.4. The van der Waals surface area contributed by atoms with Crippen LogP contribution in [0, 0.1) is 6.92 Å². The molecule has 0 saturated carbocycles. The summed E-state index contributed by atoms with van der Waals surface area (Å²) in [5.74, 6) is 1.18. The van der Waals surface area contributed by atoms with Crippen molar-refractivity contribution in [3.8, 4) is 11.5 Å². The number of fused-ring (bicyclic) bond motifs is 1. The number of hydrogen-bond acceptors (Lipinski definition) is 4. The van der Waals surface area contributed by atoms with Crippen LogP contribution in [0.2, 0.25) is 0 Å². The van der Waals surface area contributed by atoms with Crippen LogP contribution in [0.1, 0.15) is 24.5 Å². The highest BCUT2D eigenvalue weighted by molar-refractivity contribution is 9.10. The van der Waals surface area contributed by atoms with Crippen LogP contribution in [0.4, 0.5) is 5.69 Å². The maximum Gasteiger partial charge on any atom is 0.260 e. The Kier molecular flexibility index (Phi) is 6.57. The van der Waals surface area contributed by atoms with E-state index < -0.39 is 6.10 Å². The number of rotatable bonds is 7. The second kappa shape index (κ2) is 9.10. The molecule has 7 heteroatoms. The van der Waals surface area contributed by atoms with Crippen LogP contribution in [-0.2, 0) is 16.0 Å². The molecule has 3 rings (SSSR count). The van der Waals surface area contributed by atoms with Gasteiger partial charge >= 0.3 is 0 Å². The molecule has 0 radical (unpaired) electrons. The maximum atomic E-state index is 12.2. The van der Waals surface area contributed by atoms with Gasteiger partial charge in [-0.15, -0.1) is 0 Å². The molecular weight excluding hydrogens is 424 g/mol. The average molecular weight is 447 g/mol. The highest BCUT2D eigenvalue weighted by atomic mass is 79.9. The fourth-order valence-electron chi connectivity index (χ4n) is 2.88. The van der Waals surface area contributed by atoms with Crippen molar-refractivity contribution in [1.82, 2.24) is 5.32 Å². The minimum atomic E-state index is -0.619. The van der Waals surface area contributed by atoms with E-state index in [1.165, 1.54) is 0 Å². The van der Waals surface area contributed by atoms with Gasteiger partial charge in [-0.3, -0.25) is 9.59 Å². The van der Waals surface area contributed by atoms with Gasteiger partial charge in [0.1, 0.15) is 18.1 Å². The molecular formula is C21H23BrN2O4. The SMILES string of the molecule is Cc1ccc(OC(C)C(=O)NCCOc2ccc3c(c2)CCC(=O)N3)c(Br)c1. The van der Waals surface area contributed by atoms with Crippen LogP contribution in [0.25, 0.3) is 0 Å². The predicted molar refractivity (Wildman–Crippen MR) is 111 cm³/mol. The molecule has 2 N–H and O–H groups in total. The Morgan fingerprint density at radius 2 is 2.07 bits per heavy atom. The molecule has 1 unspecified atom stereocenters. The van der Waals surface area contributed by atoms with Gasteiger partial charge in [0.25, 0.3) is 5.91 Å². The van der Waals surface area contributed by atoms with Crippen LogP contribution < -0.4 is 20.1 Å². The molecule has 0 bridgehead atoms. The van der Waals surface area contributed by atoms with Crippen molar-refractivity contribution in [2.24, 2.45) is 0 Å². The smallest absolute Gasteiger partial charge is 0.260 e.